The summed E-state index contributed by atoms with van der Waals surface area (Å²) in [5, 5.41) is 0.979. The summed E-state index contributed by atoms with van der Waals surface area (Å²) in [5.74, 6) is -0.204. The molecule has 2 aromatic carbocycles. The molecule has 0 spiro atoms. The number of nitrogens with zero attached hydrogens (tertiary/aromatic N) is 2. The number of ether oxygens (including phenoxy) is 3. The lowest BCUT2D eigenvalue weighted by atomic mass is 10.0. The number of piperazine rings is 1. The first kappa shape index (κ1) is 22.1. The van der Waals surface area contributed by atoms with E-state index in [1.54, 1.807) is 11.0 Å². The molecule has 0 N–H and O–H groups in total. The Balaban J connectivity index is 1.84. The molecular weight excluding hydrogens is 431 g/mol. The number of carbonyl (C=O) groups is 2. The van der Waals surface area contributed by atoms with Crippen LogP contribution >= 0.6 is 23.2 Å². The predicted molar refractivity (Wildman–Crippen MR) is 115 cm³/mol. The molecule has 0 saturated carbocycles. The van der Waals surface area contributed by atoms with Crippen molar-refractivity contribution in [3.63, 3.8) is 0 Å². The van der Waals surface area contributed by atoms with Crippen molar-refractivity contribution in [2.75, 3.05) is 52.4 Å². The topological polar surface area (TPSA) is 68.3 Å². The quantitative estimate of drug-likeness (QED) is 0.643. The van der Waals surface area contributed by atoms with E-state index >= 15 is 0 Å². The van der Waals surface area contributed by atoms with Gasteiger partial charge in [-0.15, -0.1) is 0 Å². The Bertz CT molecular complexity index is 959. The first-order chi connectivity index (χ1) is 14.4. The first-order valence-electron chi connectivity index (χ1n) is 9.23. The molecule has 0 aromatic heterocycles. The summed E-state index contributed by atoms with van der Waals surface area (Å²) in [5.41, 5.74) is 1.16. The lowest BCUT2D eigenvalue weighted by Crippen LogP contribution is -2.49. The lowest BCUT2D eigenvalue weighted by Gasteiger charge is -2.36. The summed E-state index contributed by atoms with van der Waals surface area (Å²) in [6, 6.07) is 8.44. The van der Waals surface area contributed by atoms with Crippen LogP contribution in [0.15, 0.2) is 30.3 Å². The SMILES string of the molecule is COC(=O)c1cc(OC)c(OC)cc1C(=O)N1CCN(c2cccc(Cl)c2Cl)CC1. The molecule has 1 saturated heterocycles. The minimum atomic E-state index is -0.622. The number of methoxy groups -OCH3 is 3. The lowest BCUT2D eigenvalue weighted by molar-refractivity contribution is 0.0589. The van der Waals surface area contributed by atoms with Crippen LogP contribution in [0.3, 0.4) is 0 Å². The number of halogens is 2. The van der Waals surface area contributed by atoms with Crippen molar-refractivity contribution in [2.24, 2.45) is 0 Å². The Labute approximate surface area is 185 Å². The van der Waals surface area contributed by atoms with Gasteiger partial charge in [0.25, 0.3) is 5.91 Å². The van der Waals surface area contributed by atoms with Gasteiger partial charge in [-0.25, -0.2) is 4.79 Å². The van der Waals surface area contributed by atoms with Crippen LogP contribution in [-0.4, -0.2) is 64.3 Å². The molecule has 0 atom stereocenters. The number of hydrogen-bond donors (Lipinski definition) is 0. The fraction of sp³-hybridized carbons (Fsp3) is 0.333. The van der Waals surface area contributed by atoms with Crippen LogP contribution < -0.4 is 14.4 Å². The molecule has 160 valence electrons. The van der Waals surface area contributed by atoms with Crippen LogP contribution in [0.5, 0.6) is 11.5 Å². The third kappa shape index (κ3) is 4.27. The normalized spacial score (nSPS) is 13.8. The molecule has 1 fully saturated rings. The average molecular weight is 453 g/mol. The summed E-state index contributed by atoms with van der Waals surface area (Å²) in [4.78, 5) is 29.3. The van der Waals surface area contributed by atoms with Gasteiger partial charge in [-0.05, 0) is 24.3 Å². The molecule has 0 aliphatic carbocycles. The minimum Gasteiger partial charge on any atom is -0.493 e. The van der Waals surface area contributed by atoms with Crippen LogP contribution in [0.25, 0.3) is 0 Å². The standard InChI is InChI=1S/C21H22Cl2N2O5/c1-28-17-11-13(14(21(27)30-3)12-18(17)29-2)20(26)25-9-7-24(8-10-25)16-6-4-5-15(22)19(16)23/h4-6,11-12H,7-10H2,1-3H3. The zero-order chi connectivity index (χ0) is 21.8. The van der Waals surface area contributed by atoms with E-state index in [2.05, 4.69) is 4.90 Å². The molecule has 9 heteroatoms. The smallest absolute Gasteiger partial charge is 0.338 e. The number of hydrogen-bond acceptors (Lipinski definition) is 6. The first-order valence-corrected chi connectivity index (χ1v) is 9.99. The molecule has 7 nitrogen and oxygen atoms in total. The zero-order valence-electron chi connectivity index (χ0n) is 16.9. The highest BCUT2D eigenvalue weighted by Gasteiger charge is 2.28. The van der Waals surface area contributed by atoms with Gasteiger partial charge in [-0.3, -0.25) is 4.79 Å². The van der Waals surface area contributed by atoms with Crippen LogP contribution in [0.1, 0.15) is 20.7 Å². The maximum absolute atomic E-state index is 13.2. The molecular formula is C21H22Cl2N2O5. The zero-order valence-corrected chi connectivity index (χ0v) is 18.4. The number of carbonyl (C=O) groups excluding carboxylic acids is 2. The Morgan fingerprint density at radius 2 is 1.50 bits per heavy atom. The molecule has 3 rings (SSSR count). The van der Waals surface area contributed by atoms with E-state index in [1.165, 1.54) is 33.5 Å². The average Bonchev–Trinajstić information content (AvgIpc) is 2.79. The number of amides is 1. The number of rotatable bonds is 5. The Hall–Kier alpha value is -2.64. The van der Waals surface area contributed by atoms with Crippen LogP contribution in [0.2, 0.25) is 10.0 Å². The summed E-state index contributed by atoms with van der Waals surface area (Å²) >= 11 is 12.4. The van der Waals surface area contributed by atoms with E-state index < -0.39 is 5.97 Å². The number of benzene rings is 2. The van der Waals surface area contributed by atoms with E-state index in [9.17, 15) is 9.59 Å². The second-order valence-electron chi connectivity index (χ2n) is 6.60. The van der Waals surface area contributed by atoms with Gasteiger partial charge in [-0.1, -0.05) is 29.3 Å². The number of anilines is 1. The van der Waals surface area contributed by atoms with Gasteiger partial charge in [0.1, 0.15) is 0 Å². The van der Waals surface area contributed by atoms with Gasteiger partial charge >= 0.3 is 5.97 Å². The van der Waals surface area contributed by atoms with Gasteiger partial charge in [0.15, 0.2) is 11.5 Å². The van der Waals surface area contributed by atoms with Crippen LogP contribution in [0.4, 0.5) is 5.69 Å². The second kappa shape index (κ2) is 9.45. The van der Waals surface area contributed by atoms with Crippen molar-refractivity contribution in [3.05, 3.63) is 51.5 Å². The highest BCUT2D eigenvalue weighted by atomic mass is 35.5. The molecule has 1 aliphatic heterocycles. The van der Waals surface area contributed by atoms with Crippen molar-refractivity contribution < 1.29 is 23.8 Å². The Morgan fingerprint density at radius 3 is 2.07 bits per heavy atom. The molecule has 1 heterocycles. The third-order valence-corrected chi connectivity index (χ3v) is 5.81. The maximum Gasteiger partial charge on any atom is 0.338 e. The highest BCUT2D eigenvalue weighted by Crippen LogP contribution is 2.34. The Kier molecular flexibility index (Phi) is 6.95. The molecule has 1 aliphatic rings. The molecule has 0 radical (unpaired) electrons. The van der Waals surface area contributed by atoms with E-state index in [4.69, 9.17) is 37.4 Å². The summed E-state index contributed by atoms with van der Waals surface area (Å²) in [6.45, 7) is 2.06. The van der Waals surface area contributed by atoms with E-state index in [1.807, 2.05) is 12.1 Å². The van der Waals surface area contributed by atoms with E-state index in [0.717, 1.165) is 5.69 Å². The van der Waals surface area contributed by atoms with E-state index in [0.29, 0.717) is 47.7 Å². The van der Waals surface area contributed by atoms with Crippen molar-refractivity contribution in [3.8, 4) is 11.5 Å². The highest BCUT2D eigenvalue weighted by molar-refractivity contribution is 6.43. The maximum atomic E-state index is 13.2. The van der Waals surface area contributed by atoms with Gasteiger partial charge in [0.2, 0.25) is 0 Å². The molecule has 0 unspecified atom stereocenters. The van der Waals surface area contributed by atoms with Crippen LogP contribution in [-0.2, 0) is 4.74 Å². The monoisotopic (exact) mass is 452 g/mol. The van der Waals surface area contributed by atoms with Gasteiger partial charge < -0.3 is 24.0 Å². The fourth-order valence-electron chi connectivity index (χ4n) is 3.39. The predicted octanol–water partition coefficient (Wildman–Crippen LogP) is 3.76. The fourth-order valence-corrected chi connectivity index (χ4v) is 3.81. The summed E-state index contributed by atoms with van der Waals surface area (Å²) < 4.78 is 15.4. The third-order valence-electron chi connectivity index (χ3n) is 5.00. The van der Waals surface area contributed by atoms with E-state index in [-0.39, 0.29) is 17.0 Å². The van der Waals surface area contributed by atoms with Gasteiger partial charge in [-0.2, -0.15) is 0 Å². The van der Waals surface area contributed by atoms with Crippen LogP contribution in [0, 0.1) is 0 Å². The second-order valence-corrected chi connectivity index (χ2v) is 7.38. The minimum absolute atomic E-state index is 0.125. The van der Waals surface area contributed by atoms with Crippen molar-refractivity contribution in [1.29, 1.82) is 0 Å². The van der Waals surface area contributed by atoms with Crippen molar-refractivity contribution >= 4 is 40.8 Å². The largest absolute Gasteiger partial charge is 0.493 e. The van der Waals surface area contributed by atoms with Gasteiger partial charge in [0.05, 0.1) is 48.2 Å². The molecule has 30 heavy (non-hydrogen) atoms. The summed E-state index contributed by atoms with van der Waals surface area (Å²) in [6.07, 6.45) is 0. The molecule has 2 aromatic rings. The van der Waals surface area contributed by atoms with Crippen molar-refractivity contribution in [1.82, 2.24) is 4.90 Å². The van der Waals surface area contributed by atoms with Gasteiger partial charge in [0, 0.05) is 26.2 Å². The Morgan fingerprint density at radius 1 is 0.900 bits per heavy atom. The molecule has 0 bridgehead atoms. The molecule has 1 amide bonds. The number of esters is 1. The summed E-state index contributed by atoms with van der Waals surface area (Å²) in [7, 11) is 4.19. The van der Waals surface area contributed by atoms with Crippen molar-refractivity contribution in [2.45, 2.75) is 0 Å².